The Bertz CT molecular complexity index is 446. The van der Waals surface area contributed by atoms with E-state index in [1.807, 2.05) is 0 Å². The zero-order valence-electron chi connectivity index (χ0n) is 10.3. The Hall–Kier alpha value is -1.23. The molecule has 3 nitrogen and oxygen atoms in total. The van der Waals surface area contributed by atoms with Crippen LogP contribution in [-0.4, -0.2) is 21.0 Å². The van der Waals surface area contributed by atoms with Crippen molar-refractivity contribution in [1.29, 1.82) is 0 Å². The van der Waals surface area contributed by atoms with Gasteiger partial charge in [-0.25, -0.2) is 9.18 Å². The van der Waals surface area contributed by atoms with Gasteiger partial charge in [-0.1, -0.05) is 25.8 Å². The average molecular weight is 272 g/mol. The molecular weight excluding hydrogens is 255 g/mol. The Morgan fingerprint density at radius 2 is 2.11 bits per heavy atom. The van der Waals surface area contributed by atoms with Crippen molar-refractivity contribution in [3.63, 3.8) is 0 Å². The van der Waals surface area contributed by atoms with Gasteiger partial charge in [0.15, 0.2) is 0 Å². The van der Waals surface area contributed by atoms with Gasteiger partial charge in [-0.15, -0.1) is 0 Å². The summed E-state index contributed by atoms with van der Waals surface area (Å²) in [4.78, 5) is 10.6. The lowest BCUT2D eigenvalue weighted by molar-refractivity contribution is 0.0692. The number of hydrogen-bond acceptors (Lipinski definition) is 2. The summed E-state index contributed by atoms with van der Waals surface area (Å²) in [5.74, 6) is -1.18. The van der Waals surface area contributed by atoms with Gasteiger partial charge in [-0.3, -0.25) is 4.21 Å². The molecule has 0 amide bonds. The number of carboxylic acid groups (broad SMARTS) is 1. The van der Waals surface area contributed by atoms with Crippen molar-refractivity contribution < 1.29 is 18.5 Å². The third kappa shape index (κ3) is 4.56. The van der Waals surface area contributed by atoms with Crippen molar-refractivity contribution >= 4 is 16.8 Å². The molecule has 1 atom stereocenters. The van der Waals surface area contributed by atoms with E-state index in [0.717, 1.165) is 25.3 Å². The second kappa shape index (κ2) is 7.26. The number of carboxylic acids is 1. The van der Waals surface area contributed by atoms with E-state index in [2.05, 4.69) is 6.92 Å². The molecule has 18 heavy (non-hydrogen) atoms. The minimum atomic E-state index is -1.29. The first kappa shape index (κ1) is 14.8. The Morgan fingerprint density at radius 3 is 2.67 bits per heavy atom. The van der Waals surface area contributed by atoms with Crippen LogP contribution in [-0.2, 0) is 16.6 Å². The number of benzene rings is 1. The molecular formula is C13H17FO3S. The first-order valence-corrected chi connectivity index (χ1v) is 7.40. The molecule has 0 saturated heterocycles. The van der Waals surface area contributed by atoms with Crippen molar-refractivity contribution in [1.82, 2.24) is 0 Å². The van der Waals surface area contributed by atoms with E-state index in [1.165, 1.54) is 12.1 Å². The number of halogens is 1. The Kier molecular flexibility index (Phi) is 5.98. The fraction of sp³-hybridized carbons (Fsp3) is 0.462. The summed E-state index contributed by atoms with van der Waals surface area (Å²) in [6.45, 7) is 2.07. The summed E-state index contributed by atoms with van der Waals surface area (Å²) in [6, 6.07) is 3.89. The maximum atomic E-state index is 13.4. The van der Waals surface area contributed by atoms with Gasteiger partial charge in [0.2, 0.25) is 0 Å². The van der Waals surface area contributed by atoms with E-state index in [0.29, 0.717) is 11.3 Å². The third-order valence-electron chi connectivity index (χ3n) is 2.57. The van der Waals surface area contributed by atoms with E-state index < -0.39 is 22.6 Å². The van der Waals surface area contributed by atoms with Crippen LogP contribution in [0.25, 0.3) is 0 Å². The van der Waals surface area contributed by atoms with E-state index in [9.17, 15) is 13.4 Å². The molecule has 0 radical (unpaired) electrons. The normalized spacial score (nSPS) is 12.3. The van der Waals surface area contributed by atoms with E-state index in [4.69, 9.17) is 5.11 Å². The molecule has 0 aliphatic heterocycles. The van der Waals surface area contributed by atoms with Crippen molar-refractivity contribution in [2.24, 2.45) is 0 Å². The first-order chi connectivity index (χ1) is 8.54. The van der Waals surface area contributed by atoms with Crippen LogP contribution >= 0.6 is 0 Å². The fourth-order valence-electron chi connectivity index (χ4n) is 1.59. The van der Waals surface area contributed by atoms with Crippen LogP contribution in [0.3, 0.4) is 0 Å². The second-order valence-corrected chi connectivity index (χ2v) is 5.69. The minimum absolute atomic E-state index is 0.278. The molecule has 0 bridgehead atoms. The van der Waals surface area contributed by atoms with Gasteiger partial charge in [0.1, 0.15) is 5.82 Å². The summed E-state index contributed by atoms with van der Waals surface area (Å²) < 4.78 is 25.1. The van der Waals surface area contributed by atoms with Gasteiger partial charge in [0.25, 0.3) is 0 Å². The standard InChI is InChI=1S/C13H17FO3S/c1-2-3-4-7-18(17)9-10-5-6-11(13(15)16)12(14)8-10/h5-6,8H,2-4,7,9H2,1H3,(H,15,16). The fourth-order valence-corrected chi connectivity index (χ4v) is 2.81. The monoisotopic (exact) mass is 272 g/mol. The third-order valence-corrected chi connectivity index (χ3v) is 3.97. The molecule has 0 aliphatic carbocycles. The van der Waals surface area contributed by atoms with Crippen molar-refractivity contribution in [3.05, 3.63) is 35.1 Å². The van der Waals surface area contributed by atoms with Crippen LogP contribution in [0.15, 0.2) is 18.2 Å². The predicted molar refractivity (Wildman–Crippen MR) is 69.6 cm³/mol. The summed E-state index contributed by atoms with van der Waals surface area (Å²) in [6.07, 6.45) is 3.01. The predicted octanol–water partition coefficient (Wildman–Crippen LogP) is 2.96. The Labute approximate surface area is 108 Å². The number of aromatic carboxylic acids is 1. The number of unbranched alkanes of at least 4 members (excludes halogenated alkanes) is 2. The largest absolute Gasteiger partial charge is 0.478 e. The van der Waals surface area contributed by atoms with E-state index in [-0.39, 0.29) is 11.3 Å². The lowest BCUT2D eigenvalue weighted by Gasteiger charge is -2.04. The van der Waals surface area contributed by atoms with Crippen LogP contribution in [0.1, 0.15) is 42.1 Å². The van der Waals surface area contributed by atoms with Gasteiger partial charge in [-0.05, 0) is 24.1 Å². The SMILES string of the molecule is CCCCCS(=O)Cc1ccc(C(=O)O)c(F)c1. The van der Waals surface area contributed by atoms with E-state index in [1.54, 1.807) is 0 Å². The maximum absolute atomic E-state index is 13.4. The minimum Gasteiger partial charge on any atom is -0.478 e. The highest BCUT2D eigenvalue weighted by molar-refractivity contribution is 7.84. The van der Waals surface area contributed by atoms with Crippen molar-refractivity contribution in [2.45, 2.75) is 31.9 Å². The number of carbonyl (C=O) groups is 1. The Morgan fingerprint density at radius 1 is 1.39 bits per heavy atom. The van der Waals surface area contributed by atoms with Gasteiger partial charge in [-0.2, -0.15) is 0 Å². The molecule has 0 spiro atoms. The van der Waals surface area contributed by atoms with E-state index >= 15 is 0 Å². The molecule has 1 unspecified atom stereocenters. The van der Waals surface area contributed by atoms with Crippen LogP contribution in [0.2, 0.25) is 0 Å². The molecule has 0 fully saturated rings. The van der Waals surface area contributed by atoms with Gasteiger partial charge < -0.3 is 5.11 Å². The molecule has 100 valence electrons. The van der Waals surface area contributed by atoms with Gasteiger partial charge in [0.05, 0.1) is 5.56 Å². The molecule has 0 aliphatic rings. The smallest absolute Gasteiger partial charge is 0.338 e. The van der Waals surface area contributed by atoms with Crippen molar-refractivity contribution in [2.75, 3.05) is 5.75 Å². The highest BCUT2D eigenvalue weighted by Crippen LogP contribution is 2.13. The van der Waals surface area contributed by atoms with Crippen LogP contribution < -0.4 is 0 Å². The highest BCUT2D eigenvalue weighted by Gasteiger charge is 2.11. The van der Waals surface area contributed by atoms with Crippen molar-refractivity contribution in [3.8, 4) is 0 Å². The Balaban J connectivity index is 2.60. The summed E-state index contributed by atoms with van der Waals surface area (Å²) >= 11 is 0. The zero-order valence-corrected chi connectivity index (χ0v) is 11.1. The topological polar surface area (TPSA) is 54.4 Å². The average Bonchev–Trinajstić information content (AvgIpc) is 2.28. The molecule has 1 aromatic carbocycles. The molecule has 1 N–H and O–H groups in total. The molecule has 5 heteroatoms. The molecule has 0 heterocycles. The summed E-state index contributed by atoms with van der Waals surface area (Å²) in [7, 11) is -1.01. The number of rotatable bonds is 7. The maximum Gasteiger partial charge on any atom is 0.338 e. The van der Waals surface area contributed by atoms with Crippen LogP contribution in [0.4, 0.5) is 4.39 Å². The van der Waals surface area contributed by atoms with Crippen LogP contribution in [0, 0.1) is 5.82 Å². The zero-order chi connectivity index (χ0) is 13.5. The molecule has 1 rings (SSSR count). The van der Waals surface area contributed by atoms with Gasteiger partial charge in [0, 0.05) is 22.3 Å². The molecule has 1 aromatic rings. The van der Waals surface area contributed by atoms with Gasteiger partial charge >= 0.3 is 5.97 Å². The lowest BCUT2D eigenvalue weighted by Crippen LogP contribution is -2.04. The molecule has 0 saturated carbocycles. The summed E-state index contributed by atoms with van der Waals surface area (Å²) in [5.41, 5.74) is 0.225. The highest BCUT2D eigenvalue weighted by atomic mass is 32.2. The second-order valence-electron chi connectivity index (χ2n) is 4.11. The summed E-state index contributed by atoms with van der Waals surface area (Å²) in [5, 5.41) is 8.68. The lowest BCUT2D eigenvalue weighted by atomic mass is 10.1. The molecule has 0 aromatic heterocycles. The van der Waals surface area contributed by atoms with Crippen LogP contribution in [0.5, 0.6) is 0 Å². The quantitative estimate of drug-likeness (QED) is 0.776. The first-order valence-electron chi connectivity index (χ1n) is 5.91. The number of hydrogen-bond donors (Lipinski definition) is 1.